The Morgan fingerprint density at radius 3 is 2.33 bits per heavy atom. The number of hydrogen-bond acceptors (Lipinski definition) is 6. The second-order valence-electron chi connectivity index (χ2n) is 5.34. The van der Waals surface area contributed by atoms with Crippen molar-refractivity contribution in [1.82, 2.24) is 0 Å². The van der Waals surface area contributed by atoms with Crippen molar-refractivity contribution in [1.29, 1.82) is 0 Å². The van der Waals surface area contributed by atoms with E-state index in [4.69, 9.17) is 32.7 Å². The van der Waals surface area contributed by atoms with Crippen LogP contribution in [0.2, 0.25) is 10.0 Å². The van der Waals surface area contributed by atoms with Gasteiger partial charge in [0.1, 0.15) is 5.75 Å². The van der Waals surface area contributed by atoms with Gasteiger partial charge in [0.15, 0.2) is 6.10 Å². The van der Waals surface area contributed by atoms with Gasteiger partial charge in [0, 0.05) is 16.1 Å². The molecule has 2 aromatic rings. The van der Waals surface area contributed by atoms with E-state index in [1.165, 1.54) is 50.4 Å². The van der Waals surface area contributed by atoms with Crippen LogP contribution in [0.25, 0.3) is 0 Å². The van der Waals surface area contributed by atoms with Crippen LogP contribution in [-0.4, -0.2) is 30.0 Å². The fourth-order valence-electron chi connectivity index (χ4n) is 2.08. The third-order valence-electron chi connectivity index (χ3n) is 3.41. The Bertz CT molecular complexity index is 883. The van der Waals surface area contributed by atoms with Gasteiger partial charge in [-0.3, -0.25) is 14.9 Å². The smallest absolute Gasteiger partial charge is 0.339 e. The fourth-order valence-corrected chi connectivity index (χ4v) is 2.61. The molecule has 0 radical (unpaired) electrons. The maximum Gasteiger partial charge on any atom is 0.339 e. The molecular formula is C17H14Cl2N2O6. The molecule has 0 aliphatic rings. The van der Waals surface area contributed by atoms with Crippen molar-refractivity contribution in [2.75, 3.05) is 12.4 Å². The maximum absolute atomic E-state index is 12.3. The van der Waals surface area contributed by atoms with E-state index in [0.717, 1.165) is 0 Å². The number of nitro benzene ring substituents is 1. The second-order valence-corrected chi connectivity index (χ2v) is 6.21. The minimum atomic E-state index is -1.16. The van der Waals surface area contributed by atoms with E-state index in [2.05, 4.69) is 5.32 Å². The Kier molecular flexibility index (Phi) is 6.59. The van der Waals surface area contributed by atoms with Crippen molar-refractivity contribution in [2.24, 2.45) is 0 Å². The van der Waals surface area contributed by atoms with E-state index in [1.54, 1.807) is 0 Å². The molecule has 0 heterocycles. The number of nitrogens with one attached hydrogen (secondary N) is 1. The van der Waals surface area contributed by atoms with Crippen LogP contribution in [0.15, 0.2) is 36.4 Å². The summed E-state index contributed by atoms with van der Waals surface area (Å²) in [6.45, 7) is 1.37. The summed E-state index contributed by atoms with van der Waals surface area (Å²) in [6.07, 6.45) is -1.16. The van der Waals surface area contributed by atoms with Crippen LogP contribution in [0, 0.1) is 10.1 Å². The molecule has 1 N–H and O–H groups in total. The number of non-ortho nitro benzene ring substituents is 1. The Hall–Kier alpha value is -2.84. The number of methoxy groups -OCH3 is 1. The summed E-state index contributed by atoms with van der Waals surface area (Å²) in [6, 6.07) is 7.87. The van der Waals surface area contributed by atoms with Gasteiger partial charge in [-0.05, 0) is 31.2 Å². The van der Waals surface area contributed by atoms with Gasteiger partial charge in [-0.2, -0.15) is 0 Å². The van der Waals surface area contributed by atoms with Gasteiger partial charge in [0.05, 0.1) is 29.4 Å². The van der Waals surface area contributed by atoms with Crippen LogP contribution in [0.5, 0.6) is 5.75 Å². The van der Waals surface area contributed by atoms with Crippen LogP contribution < -0.4 is 10.1 Å². The lowest BCUT2D eigenvalue weighted by atomic mass is 10.2. The lowest BCUT2D eigenvalue weighted by molar-refractivity contribution is -0.384. The molecule has 0 aliphatic heterocycles. The third kappa shape index (κ3) is 5.32. The molecule has 1 atom stereocenters. The zero-order chi connectivity index (χ0) is 20.1. The van der Waals surface area contributed by atoms with Crippen molar-refractivity contribution in [3.8, 4) is 5.75 Å². The average Bonchev–Trinajstić information content (AvgIpc) is 2.60. The van der Waals surface area contributed by atoms with Gasteiger partial charge in [0.2, 0.25) is 0 Å². The number of anilines is 1. The molecule has 142 valence electrons. The van der Waals surface area contributed by atoms with Crippen molar-refractivity contribution < 1.29 is 24.0 Å². The second kappa shape index (κ2) is 8.70. The van der Waals surface area contributed by atoms with E-state index in [9.17, 15) is 19.7 Å². The third-order valence-corrected chi connectivity index (χ3v) is 3.84. The molecule has 0 aliphatic carbocycles. The highest BCUT2D eigenvalue weighted by Gasteiger charge is 2.21. The van der Waals surface area contributed by atoms with Gasteiger partial charge in [-0.15, -0.1) is 0 Å². The molecule has 1 amide bonds. The normalized spacial score (nSPS) is 11.4. The Labute approximate surface area is 164 Å². The number of halogens is 2. The molecule has 0 spiro atoms. The van der Waals surface area contributed by atoms with Crippen molar-refractivity contribution in [3.05, 3.63) is 62.1 Å². The summed E-state index contributed by atoms with van der Waals surface area (Å²) < 4.78 is 10.1. The van der Waals surface area contributed by atoms with Gasteiger partial charge in [-0.1, -0.05) is 23.2 Å². The minimum Gasteiger partial charge on any atom is -0.494 e. The first-order valence-corrected chi connectivity index (χ1v) is 8.27. The first kappa shape index (κ1) is 20.5. The molecule has 2 aromatic carbocycles. The highest BCUT2D eigenvalue weighted by molar-refractivity contribution is 6.35. The van der Waals surface area contributed by atoms with Crippen LogP contribution in [0.1, 0.15) is 17.3 Å². The Morgan fingerprint density at radius 1 is 1.15 bits per heavy atom. The first-order chi connectivity index (χ1) is 12.7. The first-order valence-electron chi connectivity index (χ1n) is 7.51. The zero-order valence-corrected chi connectivity index (χ0v) is 15.7. The maximum atomic E-state index is 12.3. The number of amides is 1. The monoisotopic (exact) mass is 412 g/mol. The predicted octanol–water partition coefficient (Wildman–Crippen LogP) is 4.09. The topological polar surface area (TPSA) is 108 Å². The van der Waals surface area contributed by atoms with E-state index in [0.29, 0.717) is 0 Å². The molecule has 2 rings (SSSR count). The average molecular weight is 413 g/mol. The number of carbonyl (C=O) groups excluding carboxylic acids is 2. The predicted molar refractivity (Wildman–Crippen MR) is 99.6 cm³/mol. The standard InChI is InChI=1S/C17H14Cl2N2O6/c1-9(27-17(23)10-5-11(18)7-12(19)6-10)16(22)20-14-4-3-13(21(24)25)8-15(14)26-2/h3-9H,1-2H3,(H,20,22)/t9-/m0/s1. The highest BCUT2D eigenvalue weighted by Crippen LogP contribution is 2.29. The molecule has 0 saturated heterocycles. The summed E-state index contributed by atoms with van der Waals surface area (Å²) in [4.78, 5) is 34.6. The molecule has 8 nitrogen and oxygen atoms in total. The Morgan fingerprint density at radius 2 is 1.78 bits per heavy atom. The van der Waals surface area contributed by atoms with E-state index >= 15 is 0 Å². The van der Waals surface area contributed by atoms with Gasteiger partial charge < -0.3 is 14.8 Å². The van der Waals surface area contributed by atoms with Gasteiger partial charge >= 0.3 is 5.97 Å². The minimum absolute atomic E-state index is 0.0951. The SMILES string of the molecule is COc1cc([N+](=O)[O-])ccc1NC(=O)[C@H](C)OC(=O)c1cc(Cl)cc(Cl)c1. The molecule has 27 heavy (non-hydrogen) atoms. The Balaban J connectivity index is 2.09. The summed E-state index contributed by atoms with van der Waals surface area (Å²) in [7, 11) is 1.31. The van der Waals surface area contributed by atoms with E-state index in [-0.39, 0.29) is 32.7 Å². The summed E-state index contributed by atoms with van der Waals surface area (Å²) >= 11 is 11.7. The number of nitro groups is 1. The molecule has 0 unspecified atom stereocenters. The lowest BCUT2D eigenvalue weighted by Gasteiger charge is -2.15. The molecule has 10 heteroatoms. The molecule has 0 saturated carbocycles. The van der Waals surface area contributed by atoms with Crippen LogP contribution >= 0.6 is 23.2 Å². The highest BCUT2D eigenvalue weighted by atomic mass is 35.5. The molecular weight excluding hydrogens is 399 g/mol. The summed E-state index contributed by atoms with van der Waals surface area (Å²) in [5, 5.41) is 13.8. The van der Waals surface area contributed by atoms with E-state index in [1.807, 2.05) is 0 Å². The largest absolute Gasteiger partial charge is 0.494 e. The van der Waals surface area contributed by atoms with Crippen molar-refractivity contribution >= 4 is 46.5 Å². The molecule has 0 bridgehead atoms. The van der Waals surface area contributed by atoms with Gasteiger partial charge in [0.25, 0.3) is 11.6 Å². The number of benzene rings is 2. The number of carbonyl (C=O) groups is 2. The molecule has 0 fully saturated rings. The fraction of sp³-hybridized carbons (Fsp3) is 0.176. The number of hydrogen-bond donors (Lipinski definition) is 1. The molecule has 0 aromatic heterocycles. The van der Waals surface area contributed by atoms with Crippen LogP contribution in [0.4, 0.5) is 11.4 Å². The van der Waals surface area contributed by atoms with Crippen molar-refractivity contribution in [3.63, 3.8) is 0 Å². The van der Waals surface area contributed by atoms with E-state index < -0.39 is 22.9 Å². The summed E-state index contributed by atoms with van der Waals surface area (Å²) in [5.41, 5.74) is 0.101. The number of rotatable bonds is 6. The zero-order valence-electron chi connectivity index (χ0n) is 14.2. The van der Waals surface area contributed by atoms with Crippen molar-refractivity contribution in [2.45, 2.75) is 13.0 Å². The van der Waals surface area contributed by atoms with Crippen LogP contribution in [0.3, 0.4) is 0 Å². The number of ether oxygens (including phenoxy) is 2. The quantitative estimate of drug-likeness (QED) is 0.434. The summed E-state index contributed by atoms with van der Waals surface area (Å²) in [5.74, 6) is -1.33. The van der Waals surface area contributed by atoms with Crippen LogP contribution in [-0.2, 0) is 9.53 Å². The number of esters is 1. The lowest BCUT2D eigenvalue weighted by Crippen LogP contribution is -2.30. The van der Waals surface area contributed by atoms with Gasteiger partial charge in [-0.25, -0.2) is 4.79 Å². The number of nitrogens with zero attached hydrogens (tertiary/aromatic N) is 1.